The summed E-state index contributed by atoms with van der Waals surface area (Å²) in [5.41, 5.74) is 1.32. The summed E-state index contributed by atoms with van der Waals surface area (Å²) in [4.78, 5) is 4.14. The van der Waals surface area contributed by atoms with Gasteiger partial charge in [0.1, 0.15) is 0 Å². The number of nitrogens with zero attached hydrogens (tertiary/aromatic N) is 2. The maximum absolute atomic E-state index is 12.4. The van der Waals surface area contributed by atoms with Gasteiger partial charge in [0.15, 0.2) is 11.5 Å². The minimum absolute atomic E-state index is 0.0816. The molecule has 2 N–H and O–H groups in total. The lowest BCUT2D eigenvalue weighted by Crippen LogP contribution is -2.13. The largest absolute Gasteiger partial charge is 0.263 e. The highest BCUT2D eigenvalue weighted by Crippen LogP contribution is 2.24. The third-order valence-electron chi connectivity index (χ3n) is 3.02. The maximum atomic E-state index is 12.4. The molecule has 0 saturated heterocycles. The molecule has 0 bridgehead atoms. The molecule has 0 aliphatic rings. The maximum Gasteiger partial charge on any atom is 0.263 e. The molecule has 21 heavy (non-hydrogen) atoms. The molecule has 0 radical (unpaired) electrons. The van der Waals surface area contributed by atoms with Gasteiger partial charge in [-0.25, -0.2) is 13.4 Å². The number of aromatic amines is 1. The summed E-state index contributed by atoms with van der Waals surface area (Å²) in [6.07, 6.45) is 1.60. The molecule has 0 spiro atoms. The number of hydrogen-bond acceptors (Lipinski definition) is 4. The van der Waals surface area contributed by atoms with Crippen LogP contribution in [0.25, 0.3) is 11.0 Å². The van der Waals surface area contributed by atoms with E-state index in [2.05, 4.69) is 19.9 Å². The third kappa shape index (κ3) is 2.57. The van der Waals surface area contributed by atoms with Crippen molar-refractivity contribution in [2.24, 2.45) is 0 Å². The molecule has 0 fully saturated rings. The predicted molar refractivity (Wildman–Crippen MR) is 80.9 cm³/mol. The fraction of sp³-hybridized carbons (Fsp3) is 0.0769. The first-order valence-electron chi connectivity index (χ1n) is 6.05. The van der Waals surface area contributed by atoms with Crippen molar-refractivity contribution in [3.63, 3.8) is 0 Å². The zero-order chi connectivity index (χ0) is 15.0. The van der Waals surface area contributed by atoms with Crippen LogP contribution in [0.1, 0.15) is 5.56 Å². The van der Waals surface area contributed by atoms with Crippen molar-refractivity contribution in [1.82, 2.24) is 15.2 Å². The second-order valence-electron chi connectivity index (χ2n) is 4.49. The molecule has 0 atom stereocenters. The topological polar surface area (TPSA) is 87.7 Å². The number of pyridine rings is 1. The first-order chi connectivity index (χ1) is 9.97. The van der Waals surface area contributed by atoms with Crippen molar-refractivity contribution in [3.8, 4) is 0 Å². The van der Waals surface area contributed by atoms with Crippen molar-refractivity contribution in [2.45, 2.75) is 11.8 Å². The summed E-state index contributed by atoms with van der Waals surface area (Å²) >= 11 is 5.97. The molecule has 0 aliphatic heterocycles. The van der Waals surface area contributed by atoms with Gasteiger partial charge in [-0.15, -0.1) is 0 Å². The number of hydrogen-bond donors (Lipinski definition) is 2. The van der Waals surface area contributed by atoms with Gasteiger partial charge in [0.25, 0.3) is 10.0 Å². The molecular weight excluding hydrogens is 312 g/mol. The molecule has 0 aliphatic carbocycles. The van der Waals surface area contributed by atoms with Crippen LogP contribution in [0.15, 0.2) is 41.4 Å². The van der Waals surface area contributed by atoms with Gasteiger partial charge in [-0.05, 0) is 36.8 Å². The molecule has 8 heteroatoms. The van der Waals surface area contributed by atoms with Gasteiger partial charge in [0.05, 0.1) is 10.3 Å². The number of nitrogens with one attached hydrogen (secondary N) is 2. The molecule has 2 aromatic heterocycles. The van der Waals surface area contributed by atoms with E-state index in [9.17, 15) is 8.42 Å². The number of H-pyrrole nitrogens is 1. The quantitative estimate of drug-likeness (QED) is 0.776. The normalized spacial score (nSPS) is 11.7. The second kappa shape index (κ2) is 5.01. The Morgan fingerprint density at radius 2 is 2.10 bits per heavy atom. The van der Waals surface area contributed by atoms with E-state index in [0.717, 1.165) is 5.56 Å². The molecule has 3 rings (SSSR count). The highest BCUT2D eigenvalue weighted by molar-refractivity contribution is 7.92. The highest BCUT2D eigenvalue weighted by Gasteiger charge is 2.18. The smallest absolute Gasteiger partial charge is 0.261 e. The van der Waals surface area contributed by atoms with Crippen LogP contribution < -0.4 is 4.72 Å². The zero-order valence-electron chi connectivity index (χ0n) is 11.0. The van der Waals surface area contributed by atoms with Gasteiger partial charge in [0, 0.05) is 11.2 Å². The summed E-state index contributed by atoms with van der Waals surface area (Å²) in [6.45, 7) is 1.80. The Kier molecular flexibility index (Phi) is 3.30. The molecule has 0 unspecified atom stereocenters. The highest BCUT2D eigenvalue weighted by atomic mass is 35.5. The first kappa shape index (κ1) is 13.8. The first-order valence-corrected chi connectivity index (χ1v) is 7.91. The second-order valence-corrected chi connectivity index (χ2v) is 6.58. The minimum atomic E-state index is -3.76. The monoisotopic (exact) mass is 322 g/mol. The Hall–Kier alpha value is -2.12. The van der Waals surface area contributed by atoms with Crippen molar-refractivity contribution < 1.29 is 8.42 Å². The zero-order valence-corrected chi connectivity index (χ0v) is 12.5. The number of aromatic nitrogens is 3. The number of sulfonamides is 1. The molecular formula is C13H11ClN4O2S. The van der Waals surface area contributed by atoms with Crippen molar-refractivity contribution in [2.75, 3.05) is 4.72 Å². The summed E-state index contributed by atoms with van der Waals surface area (Å²) in [6, 6.07) is 7.99. The van der Waals surface area contributed by atoms with E-state index in [1.165, 1.54) is 12.1 Å². The summed E-state index contributed by atoms with van der Waals surface area (Å²) < 4.78 is 27.2. The van der Waals surface area contributed by atoms with E-state index < -0.39 is 10.0 Å². The van der Waals surface area contributed by atoms with E-state index >= 15 is 0 Å². The van der Waals surface area contributed by atoms with Gasteiger partial charge in [-0.3, -0.25) is 9.82 Å². The third-order valence-corrected chi connectivity index (χ3v) is 4.76. The van der Waals surface area contributed by atoms with Crippen LogP contribution in [0, 0.1) is 6.92 Å². The van der Waals surface area contributed by atoms with E-state index in [-0.39, 0.29) is 10.7 Å². The number of halogens is 1. The van der Waals surface area contributed by atoms with E-state index in [1.54, 1.807) is 31.3 Å². The Bertz CT molecular complexity index is 921. The number of benzene rings is 1. The predicted octanol–water partition coefficient (Wildman–Crippen LogP) is 2.72. The number of fused-ring (bicyclic) bond motifs is 1. The molecule has 1 aromatic carbocycles. The summed E-state index contributed by atoms with van der Waals surface area (Å²) in [5.74, 6) is 0.204. The number of aryl methyl sites for hydroxylation is 1. The molecule has 0 amide bonds. The lowest BCUT2D eigenvalue weighted by Gasteiger charge is -2.07. The van der Waals surface area contributed by atoms with E-state index in [0.29, 0.717) is 16.1 Å². The SMILES string of the molecule is Cc1ccc(S(=O)(=O)Nc2n[nH]c3ncccc23)cc1Cl. The van der Waals surface area contributed by atoms with Crippen molar-refractivity contribution >= 4 is 38.5 Å². The Morgan fingerprint density at radius 3 is 2.86 bits per heavy atom. The molecule has 3 aromatic rings. The van der Waals surface area contributed by atoms with E-state index in [4.69, 9.17) is 11.6 Å². The van der Waals surface area contributed by atoms with Crippen LogP contribution in [-0.2, 0) is 10.0 Å². The standard InChI is InChI=1S/C13H11ClN4O2S/c1-8-4-5-9(7-11(8)14)21(19,20)18-13-10-3-2-6-15-12(10)16-17-13/h2-7H,1H3,(H2,15,16,17,18). The van der Waals surface area contributed by atoms with Crippen molar-refractivity contribution in [3.05, 3.63) is 47.1 Å². The molecule has 6 nitrogen and oxygen atoms in total. The molecule has 2 heterocycles. The van der Waals surface area contributed by atoms with Crippen molar-refractivity contribution in [1.29, 1.82) is 0 Å². The molecule has 0 saturated carbocycles. The van der Waals surface area contributed by atoms with Gasteiger partial charge < -0.3 is 0 Å². The summed E-state index contributed by atoms with van der Waals surface area (Å²) in [5, 5.41) is 7.60. The Balaban J connectivity index is 2.01. The summed E-state index contributed by atoms with van der Waals surface area (Å²) in [7, 11) is -3.76. The van der Waals surface area contributed by atoms with Crippen LogP contribution in [0.2, 0.25) is 5.02 Å². The Labute approximate surface area is 126 Å². The Morgan fingerprint density at radius 1 is 1.29 bits per heavy atom. The fourth-order valence-corrected chi connectivity index (χ4v) is 3.15. The molecule has 108 valence electrons. The lowest BCUT2D eigenvalue weighted by atomic mass is 10.2. The van der Waals surface area contributed by atoms with Gasteiger partial charge in [-0.2, -0.15) is 5.10 Å². The lowest BCUT2D eigenvalue weighted by molar-refractivity contribution is 0.601. The van der Waals surface area contributed by atoms with Crippen LogP contribution in [0.5, 0.6) is 0 Å². The van der Waals surface area contributed by atoms with Gasteiger partial charge in [-0.1, -0.05) is 17.7 Å². The number of anilines is 1. The van der Waals surface area contributed by atoms with Crippen LogP contribution in [-0.4, -0.2) is 23.6 Å². The van der Waals surface area contributed by atoms with Crippen LogP contribution in [0.3, 0.4) is 0 Å². The average molecular weight is 323 g/mol. The average Bonchev–Trinajstić information content (AvgIpc) is 2.85. The minimum Gasteiger partial charge on any atom is -0.261 e. The number of rotatable bonds is 3. The fourth-order valence-electron chi connectivity index (χ4n) is 1.86. The van der Waals surface area contributed by atoms with Crippen LogP contribution in [0.4, 0.5) is 5.82 Å². The van der Waals surface area contributed by atoms with Gasteiger partial charge >= 0.3 is 0 Å². The van der Waals surface area contributed by atoms with Gasteiger partial charge in [0.2, 0.25) is 0 Å². The van der Waals surface area contributed by atoms with E-state index in [1.807, 2.05) is 0 Å². The van der Waals surface area contributed by atoms with Crippen LogP contribution >= 0.6 is 11.6 Å².